The number of amides is 2. The van der Waals surface area contributed by atoms with Gasteiger partial charge in [-0.1, -0.05) is 13.0 Å². The van der Waals surface area contributed by atoms with Crippen LogP contribution in [0.2, 0.25) is 0 Å². The molecule has 150 valence electrons. The topological polar surface area (TPSA) is 79.0 Å². The van der Waals surface area contributed by atoms with E-state index in [1.54, 1.807) is 28.4 Å². The van der Waals surface area contributed by atoms with Crippen LogP contribution in [0.25, 0.3) is 0 Å². The van der Waals surface area contributed by atoms with Crippen molar-refractivity contribution in [3.05, 3.63) is 29.3 Å². The summed E-state index contributed by atoms with van der Waals surface area (Å²) in [5.41, 5.74) is 2.03. The van der Waals surface area contributed by atoms with Crippen molar-refractivity contribution in [2.45, 2.75) is 50.1 Å². The van der Waals surface area contributed by atoms with Gasteiger partial charge in [0.2, 0.25) is 10.0 Å². The number of carbonyl (C=O) groups is 1. The number of sulfonamides is 1. The zero-order valence-corrected chi connectivity index (χ0v) is 16.9. The molecule has 8 heteroatoms. The van der Waals surface area contributed by atoms with Crippen LogP contribution in [-0.2, 0) is 27.7 Å². The summed E-state index contributed by atoms with van der Waals surface area (Å²) in [4.78, 5) is 14.3. The minimum Gasteiger partial charge on any atom is -0.383 e. The summed E-state index contributed by atoms with van der Waals surface area (Å²) < 4.78 is 33.0. The highest BCUT2D eigenvalue weighted by molar-refractivity contribution is 7.89. The number of fused-ring (bicyclic) bond motifs is 1. The maximum Gasteiger partial charge on any atom is 0.317 e. The molecule has 27 heavy (non-hydrogen) atoms. The molecule has 2 aliphatic heterocycles. The maximum atomic E-state index is 13.1. The molecule has 1 saturated heterocycles. The van der Waals surface area contributed by atoms with E-state index in [-0.39, 0.29) is 12.1 Å². The van der Waals surface area contributed by atoms with E-state index >= 15 is 0 Å². The Balaban J connectivity index is 1.80. The summed E-state index contributed by atoms with van der Waals surface area (Å²) in [6.45, 7) is 4.69. The Morgan fingerprint density at radius 3 is 2.85 bits per heavy atom. The molecule has 1 aromatic rings. The molecule has 0 radical (unpaired) electrons. The average molecular weight is 396 g/mol. The van der Waals surface area contributed by atoms with Crippen molar-refractivity contribution in [3.8, 4) is 0 Å². The van der Waals surface area contributed by atoms with E-state index in [0.29, 0.717) is 37.7 Å². The van der Waals surface area contributed by atoms with Gasteiger partial charge in [0.1, 0.15) is 0 Å². The van der Waals surface area contributed by atoms with E-state index < -0.39 is 10.0 Å². The van der Waals surface area contributed by atoms with Crippen molar-refractivity contribution in [1.82, 2.24) is 14.5 Å². The normalized spacial score (nSPS) is 20.5. The number of rotatable bonds is 6. The third-order valence-electron chi connectivity index (χ3n) is 5.29. The fourth-order valence-corrected chi connectivity index (χ4v) is 5.56. The molecule has 1 aromatic carbocycles. The van der Waals surface area contributed by atoms with E-state index in [2.05, 4.69) is 5.32 Å². The molecular formula is C19H29N3O4S. The second kappa shape index (κ2) is 8.58. The van der Waals surface area contributed by atoms with Gasteiger partial charge in [0.25, 0.3) is 0 Å². The number of methoxy groups -OCH3 is 1. The highest BCUT2D eigenvalue weighted by Crippen LogP contribution is 2.29. The summed E-state index contributed by atoms with van der Waals surface area (Å²) in [5, 5.41) is 2.89. The van der Waals surface area contributed by atoms with Gasteiger partial charge in [-0.3, -0.25) is 0 Å². The van der Waals surface area contributed by atoms with E-state index in [1.165, 1.54) is 0 Å². The minimum absolute atomic E-state index is 0.0875. The van der Waals surface area contributed by atoms with Crippen molar-refractivity contribution < 1.29 is 17.9 Å². The molecule has 0 bridgehead atoms. The van der Waals surface area contributed by atoms with Crippen LogP contribution in [0.5, 0.6) is 0 Å². The van der Waals surface area contributed by atoms with Crippen molar-refractivity contribution in [3.63, 3.8) is 0 Å². The lowest BCUT2D eigenvalue weighted by Crippen LogP contribution is -2.43. The van der Waals surface area contributed by atoms with E-state index in [0.717, 1.165) is 36.8 Å². The van der Waals surface area contributed by atoms with E-state index in [4.69, 9.17) is 4.74 Å². The first-order chi connectivity index (χ1) is 13.0. The zero-order chi connectivity index (χ0) is 19.4. The number of nitrogens with one attached hydrogen (secondary N) is 1. The van der Waals surface area contributed by atoms with Crippen LogP contribution >= 0.6 is 0 Å². The number of urea groups is 1. The second-order valence-electron chi connectivity index (χ2n) is 7.20. The van der Waals surface area contributed by atoms with Crippen molar-refractivity contribution >= 4 is 16.1 Å². The van der Waals surface area contributed by atoms with E-state index in [9.17, 15) is 13.2 Å². The molecule has 1 fully saturated rings. The first-order valence-corrected chi connectivity index (χ1v) is 11.1. The van der Waals surface area contributed by atoms with Crippen LogP contribution in [0.3, 0.4) is 0 Å². The predicted octanol–water partition coefficient (Wildman–Crippen LogP) is 1.96. The lowest BCUT2D eigenvalue weighted by Gasteiger charge is -2.30. The Labute approximate surface area is 161 Å². The van der Waals surface area contributed by atoms with Gasteiger partial charge in [-0.2, -0.15) is 4.31 Å². The molecule has 1 atom stereocenters. The largest absolute Gasteiger partial charge is 0.383 e. The molecule has 7 nitrogen and oxygen atoms in total. The molecule has 2 aliphatic rings. The lowest BCUT2D eigenvalue weighted by atomic mass is 10.0. The molecule has 0 spiro atoms. The summed E-state index contributed by atoms with van der Waals surface area (Å²) in [6, 6.07) is 5.14. The maximum absolute atomic E-state index is 13.1. The van der Waals surface area contributed by atoms with Gasteiger partial charge >= 0.3 is 6.03 Å². The third-order valence-corrected chi connectivity index (χ3v) is 7.24. The molecule has 2 heterocycles. The fraction of sp³-hybridized carbons (Fsp3) is 0.632. The molecule has 0 aromatic heterocycles. The van der Waals surface area contributed by atoms with Gasteiger partial charge in [0.15, 0.2) is 0 Å². The van der Waals surface area contributed by atoms with Crippen molar-refractivity contribution in [2.24, 2.45) is 0 Å². The molecular weight excluding hydrogens is 366 g/mol. The molecule has 0 unspecified atom stereocenters. The number of nitrogens with zero attached hydrogens (tertiary/aromatic N) is 2. The highest BCUT2D eigenvalue weighted by atomic mass is 32.2. The predicted molar refractivity (Wildman–Crippen MR) is 103 cm³/mol. The molecule has 0 saturated carbocycles. The van der Waals surface area contributed by atoms with Crippen molar-refractivity contribution in [2.75, 3.05) is 33.4 Å². The summed E-state index contributed by atoms with van der Waals surface area (Å²) in [7, 11) is -1.96. The van der Waals surface area contributed by atoms with Crippen LogP contribution < -0.4 is 5.32 Å². The van der Waals surface area contributed by atoms with Crippen molar-refractivity contribution in [1.29, 1.82) is 0 Å². The van der Waals surface area contributed by atoms with Gasteiger partial charge in [-0.15, -0.1) is 0 Å². The summed E-state index contributed by atoms with van der Waals surface area (Å²) in [6.07, 6.45) is 3.30. The highest BCUT2D eigenvalue weighted by Gasteiger charge is 2.35. The van der Waals surface area contributed by atoms with Crippen LogP contribution in [-0.4, -0.2) is 63.0 Å². The Bertz CT molecular complexity index is 781. The lowest BCUT2D eigenvalue weighted by molar-refractivity contribution is 0.149. The van der Waals surface area contributed by atoms with Crippen LogP contribution in [0.4, 0.5) is 4.79 Å². The molecule has 2 amide bonds. The smallest absolute Gasteiger partial charge is 0.317 e. The first kappa shape index (κ1) is 20.1. The van der Waals surface area contributed by atoms with Gasteiger partial charge < -0.3 is 15.0 Å². The minimum atomic E-state index is -3.56. The second-order valence-corrected chi connectivity index (χ2v) is 9.09. The van der Waals surface area contributed by atoms with Crippen LogP contribution in [0.1, 0.15) is 37.3 Å². The Morgan fingerprint density at radius 2 is 2.11 bits per heavy atom. The number of carbonyl (C=O) groups excluding carboxylic acids is 1. The van der Waals surface area contributed by atoms with Gasteiger partial charge in [-0.05, 0) is 48.9 Å². The Hall–Kier alpha value is -1.64. The standard InChI is InChI=1S/C19H29N3O4S/c1-3-9-20-19(23)21-11-8-15-6-7-18(12-16(15)13-21)27(24,25)22-10-4-5-17(22)14-26-2/h6-7,12,17H,3-5,8-11,13-14H2,1-2H3,(H,20,23)/t17-/m1/s1. The quantitative estimate of drug-likeness (QED) is 0.799. The molecule has 1 N–H and O–H groups in total. The van der Waals surface area contributed by atoms with E-state index in [1.807, 2.05) is 13.0 Å². The summed E-state index contributed by atoms with van der Waals surface area (Å²) >= 11 is 0. The van der Waals surface area contributed by atoms with Gasteiger partial charge in [0, 0.05) is 39.3 Å². The number of ether oxygens (including phenoxy) is 1. The first-order valence-electron chi connectivity index (χ1n) is 9.62. The molecule has 0 aliphatic carbocycles. The number of benzene rings is 1. The molecule has 3 rings (SSSR count). The van der Waals surface area contributed by atoms with Gasteiger partial charge in [-0.25, -0.2) is 13.2 Å². The monoisotopic (exact) mass is 395 g/mol. The van der Waals surface area contributed by atoms with Crippen LogP contribution in [0.15, 0.2) is 23.1 Å². The third kappa shape index (κ3) is 4.28. The SMILES string of the molecule is CCCNC(=O)N1CCc2ccc(S(=O)(=O)N3CCC[C@@H]3COC)cc2C1. The Morgan fingerprint density at radius 1 is 1.30 bits per heavy atom. The number of hydrogen-bond acceptors (Lipinski definition) is 4. The van der Waals surface area contributed by atoms with Crippen LogP contribution in [0, 0.1) is 0 Å². The summed E-state index contributed by atoms with van der Waals surface area (Å²) in [5.74, 6) is 0. The zero-order valence-electron chi connectivity index (χ0n) is 16.1. The number of hydrogen-bond donors (Lipinski definition) is 1. The average Bonchev–Trinajstić information content (AvgIpc) is 3.14. The fourth-order valence-electron chi connectivity index (χ4n) is 3.83. The van der Waals surface area contributed by atoms with Gasteiger partial charge in [0.05, 0.1) is 11.5 Å². The Kier molecular flexibility index (Phi) is 6.39.